The van der Waals surface area contributed by atoms with Crippen LogP contribution in [0.2, 0.25) is 0 Å². The summed E-state index contributed by atoms with van der Waals surface area (Å²) in [4.78, 5) is 11.7. The summed E-state index contributed by atoms with van der Waals surface area (Å²) >= 11 is 0. The molecular formula is C20H32O3. The van der Waals surface area contributed by atoms with Gasteiger partial charge in [0.05, 0.1) is 7.11 Å². The molecule has 0 amide bonds. The number of ether oxygens (including phenoxy) is 1. The molecule has 2 saturated carbocycles. The molecule has 0 aromatic heterocycles. The van der Waals surface area contributed by atoms with Crippen molar-refractivity contribution in [1.29, 1.82) is 0 Å². The van der Waals surface area contributed by atoms with Crippen molar-refractivity contribution in [3.8, 4) is 0 Å². The van der Waals surface area contributed by atoms with E-state index in [0.29, 0.717) is 23.7 Å². The lowest BCUT2D eigenvalue weighted by Gasteiger charge is -2.58. The molecule has 130 valence electrons. The number of hydrogen-bond donors (Lipinski definition) is 1. The number of methoxy groups -OCH3 is 1. The average Bonchev–Trinajstić information content (AvgIpc) is 2.95. The molecule has 23 heavy (non-hydrogen) atoms. The van der Waals surface area contributed by atoms with Crippen molar-refractivity contribution in [2.24, 2.45) is 34.5 Å². The minimum absolute atomic E-state index is 0.0653. The second-order valence-corrected chi connectivity index (χ2v) is 8.60. The summed E-state index contributed by atoms with van der Waals surface area (Å²) in [6, 6.07) is 0. The van der Waals surface area contributed by atoms with Gasteiger partial charge in [-0.15, -0.1) is 0 Å². The lowest BCUT2D eigenvalue weighted by atomic mass is 9.47. The minimum atomic E-state index is -0.117. The van der Waals surface area contributed by atoms with E-state index in [1.807, 2.05) is 0 Å². The van der Waals surface area contributed by atoms with Gasteiger partial charge in [-0.1, -0.05) is 26.0 Å². The maximum atomic E-state index is 11.7. The van der Waals surface area contributed by atoms with E-state index < -0.39 is 0 Å². The third-order valence-corrected chi connectivity index (χ3v) is 7.71. The fourth-order valence-electron chi connectivity index (χ4n) is 6.18. The molecule has 2 fully saturated rings. The number of allylic oxidation sites excluding steroid dienone is 2. The van der Waals surface area contributed by atoms with E-state index >= 15 is 0 Å². The highest BCUT2D eigenvalue weighted by Crippen LogP contribution is 2.63. The van der Waals surface area contributed by atoms with Crippen LogP contribution in [0.25, 0.3) is 0 Å². The Morgan fingerprint density at radius 3 is 2.74 bits per heavy atom. The zero-order valence-corrected chi connectivity index (χ0v) is 14.9. The number of carbonyl (C=O) groups is 1. The molecule has 1 N–H and O–H groups in total. The van der Waals surface area contributed by atoms with Crippen LogP contribution in [0.4, 0.5) is 0 Å². The lowest BCUT2D eigenvalue weighted by molar-refractivity contribution is -0.144. The van der Waals surface area contributed by atoms with E-state index in [4.69, 9.17) is 4.74 Å². The quantitative estimate of drug-likeness (QED) is 0.630. The van der Waals surface area contributed by atoms with Gasteiger partial charge in [0, 0.05) is 13.0 Å². The Hall–Kier alpha value is -0.830. The molecule has 3 aliphatic carbocycles. The molecule has 0 aromatic carbocycles. The van der Waals surface area contributed by atoms with Crippen molar-refractivity contribution < 1.29 is 14.6 Å². The first kappa shape index (κ1) is 17.0. The van der Waals surface area contributed by atoms with E-state index in [9.17, 15) is 9.90 Å². The highest BCUT2D eigenvalue weighted by molar-refractivity contribution is 5.69. The summed E-state index contributed by atoms with van der Waals surface area (Å²) in [5.41, 5.74) is 0.451. The van der Waals surface area contributed by atoms with Crippen LogP contribution in [0.5, 0.6) is 0 Å². The molecule has 3 rings (SSSR count). The Labute approximate surface area is 140 Å². The smallest absolute Gasteiger partial charge is 0.305 e. The van der Waals surface area contributed by atoms with Crippen LogP contribution in [0.15, 0.2) is 12.2 Å². The molecule has 0 aromatic rings. The predicted octanol–water partition coefficient (Wildman–Crippen LogP) is 3.96. The Bertz CT molecular complexity index is 485. The summed E-state index contributed by atoms with van der Waals surface area (Å²) in [6.45, 7) is 5.01. The van der Waals surface area contributed by atoms with Crippen LogP contribution in [-0.4, -0.2) is 24.8 Å². The van der Waals surface area contributed by atoms with Crippen molar-refractivity contribution in [1.82, 2.24) is 0 Å². The van der Waals surface area contributed by atoms with E-state index in [1.54, 1.807) is 0 Å². The van der Waals surface area contributed by atoms with Crippen molar-refractivity contribution in [3.05, 3.63) is 12.2 Å². The molecule has 3 nitrogen and oxygen atoms in total. The summed E-state index contributed by atoms with van der Waals surface area (Å²) in [7, 11) is 1.47. The van der Waals surface area contributed by atoms with Crippen LogP contribution in [0, 0.1) is 34.5 Å². The van der Waals surface area contributed by atoms with Gasteiger partial charge in [-0.05, 0) is 73.0 Å². The summed E-state index contributed by atoms with van der Waals surface area (Å²) in [5.74, 6) is 2.35. The zero-order chi connectivity index (χ0) is 16.7. The minimum Gasteiger partial charge on any atom is -0.469 e. The maximum Gasteiger partial charge on any atom is 0.305 e. The largest absolute Gasteiger partial charge is 0.469 e. The molecule has 3 unspecified atom stereocenters. The number of hydrogen-bond acceptors (Lipinski definition) is 3. The number of aliphatic hydroxyl groups is 1. The third-order valence-electron chi connectivity index (χ3n) is 7.71. The Balaban J connectivity index is 1.82. The molecule has 3 heteroatoms. The van der Waals surface area contributed by atoms with Crippen molar-refractivity contribution in [3.63, 3.8) is 0 Å². The van der Waals surface area contributed by atoms with Gasteiger partial charge in [0.15, 0.2) is 0 Å². The highest BCUT2D eigenvalue weighted by atomic mass is 16.5. The van der Waals surface area contributed by atoms with Crippen LogP contribution >= 0.6 is 0 Å². The molecule has 6 atom stereocenters. The van der Waals surface area contributed by atoms with Gasteiger partial charge >= 0.3 is 5.97 Å². The first-order valence-electron chi connectivity index (χ1n) is 9.30. The van der Waals surface area contributed by atoms with Crippen molar-refractivity contribution >= 4 is 5.97 Å². The van der Waals surface area contributed by atoms with Gasteiger partial charge in [-0.3, -0.25) is 4.79 Å². The number of fused-ring (bicyclic) bond motifs is 3. The highest BCUT2D eigenvalue weighted by Gasteiger charge is 2.55. The molecule has 0 radical (unpaired) electrons. The van der Waals surface area contributed by atoms with E-state index in [0.717, 1.165) is 24.7 Å². The first-order valence-corrected chi connectivity index (χ1v) is 9.30. The van der Waals surface area contributed by atoms with Gasteiger partial charge in [0.2, 0.25) is 0 Å². The molecule has 0 spiro atoms. The van der Waals surface area contributed by atoms with Crippen LogP contribution in [0.1, 0.15) is 58.8 Å². The third kappa shape index (κ3) is 2.75. The Morgan fingerprint density at radius 2 is 2.04 bits per heavy atom. The summed E-state index contributed by atoms with van der Waals surface area (Å²) in [6.07, 6.45) is 12.2. The van der Waals surface area contributed by atoms with Gasteiger partial charge in [0.1, 0.15) is 0 Å². The fourth-order valence-corrected chi connectivity index (χ4v) is 6.18. The first-order chi connectivity index (χ1) is 10.9. The SMILES string of the molecule is COC(=O)CCC1(C)[C@H](CO)CCC2[C@@H]3CC=CC3(C)CC[C@@H]21. The molecule has 0 saturated heterocycles. The standard InChI is InChI=1S/C20H32O3/c1-19-10-4-5-16(19)15-7-6-14(13-21)20(2,17(15)8-11-19)12-9-18(22)23-3/h4,10,14-17,21H,5-9,11-13H2,1-3H3/t14-,15?,16-,17-,19?,20?/m0/s1. The number of rotatable bonds is 4. The summed E-state index contributed by atoms with van der Waals surface area (Å²) in [5, 5.41) is 9.95. The lowest BCUT2D eigenvalue weighted by Crippen LogP contribution is -2.51. The predicted molar refractivity (Wildman–Crippen MR) is 90.7 cm³/mol. The van der Waals surface area contributed by atoms with Gasteiger partial charge in [-0.25, -0.2) is 0 Å². The number of aliphatic hydroxyl groups excluding tert-OH is 1. The Kier molecular flexibility index (Phi) is 4.61. The van der Waals surface area contributed by atoms with Crippen molar-refractivity contribution in [2.45, 2.75) is 58.8 Å². The van der Waals surface area contributed by atoms with Crippen molar-refractivity contribution in [2.75, 3.05) is 13.7 Å². The van der Waals surface area contributed by atoms with Crippen LogP contribution in [0.3, 0.4) is 0 Å². The summed E-state index contributed by atoms with van der Waals surface area (Å²) < 4.78 is 4.87. The normalized spacial score (nSPS) is 45.4. The monoisotopic (exact) mass is 320 g/mol. The van der Waals surface area contributed by atoms with E-state index in [-0.39, 0.29) is 18.0 Å². The molecule has 3 aliphatic rings. The average molecular weight is 320 g/mol. The molecule has 0 heterocycles. The molecular weight excluding hydrogens is 288 g/mol. The van der Waals surface area contributed by atoms with Crippen LogP contribution < -0.4 is 0 Å². The number of carbonyl (C=O) groups excluding carboxylic acids is 1. The van der Waals surface area contributed by atoms with Gasteiger partial charge in [0.25, 0.3) is 0 Å². The second-order valence-electron chi connectivity index (χ2n) is 8.60. The number of esters is 1. The van der Waals surface area contributed by atoms with E-state index in [1.165, 1.54) is 32.8 Å². The topological polar surface area (TPSA) is 46.5 Å². The Morgan fingerprint density at radius 1 is 1.26 bits per heavy atom. The second kappa shape index (κ2) is 6.23. The van der Waals surface area contributed by atoms with Crippen LogP contribution in [-0.2, 0) is 9.53 Å². The fraction of sp³-hybridized carbons (Fsp3) is 0.850. The van der Waals surface area contributed by atoms with E-state index in [2.05, 4.69) is 26.0 Å². The van der Waals surface area contributed by atoms with Gasteiger partial charge in [-0.2, -0.15) is 0 Å². The molecule has 0 bridgehead atoms. The van der Waals surface area contributed by atoms with Gasteiger partial charge < -0.3 is 9.84 Å². The zero-order valence-electron chi connectivity index (χ0n) is 14.9. The maximum absolute atomic E-state index is 11.7. The molecule has 0 aliphatic heterocycles.